The molecule has 1 heterocycles. The van der Waals surface area contributed by atoms with Gasteiger partial charge in [0.05, 0.1) is 0 Å². The van der Waals surface area contributed by atoms with Gasteiger partial charge in [0, 0.05) is 47.4 Å². The van der Waals surface area contributed by atoms with Crippen molar-refractivity contribution in [1.82, 2.24) is 20.9 Å². The van der Waals surface area contributed by atoms with Crippen LogP contribution in [0.2, 0.25) is 0 Å². The quantitative estimate of drug-likeness (QED) is 0.108. The van der Waals surface area contributed by atoms with Gasteiger partial charge in [-0.2, -0.15) is 12.6 Å². The monoisotopic (exact) mass is 581 g/mol. The summed E-state index contributed by atoms with van der Waals surface area (Å²) in [4.78, 5) is 53.5. The average Bonchev–Trinajstić information content (AvgIpc) is 3.32. The van der Waals surface area contributed by atoms with E-state index in [1.807, 2.05) is 60.8 Å². The zero-order valence-electron chi connectivity index (χ0n) is 23.6. The summed E-state index contributed by atoms with van der Waals surface area (Å²) in [5, 5.41) is 22.1. The van der Waals surface area contributed by atoms with Crippen LogP contribution in [-0.2, 0) is 25.6 Å². The molecule has 0 saturated carbocycles. The number of aliphatic carboxylic acids is 1. The van der Waals surface area contributed by atoms with Crippen LogP contribution >= 0.6 is 12.6 Å². The molecule has 3 aromatic rings. The van der Waals surface area contributed by atoms with Crippen molar-refractivity contribution in [2.24, 2.45) is 0 Å². The van der Waals surface area contributed by atoms with Crippen molar-refractivity contribution in [2.75, 3.05) is 11.9 Å². The number of carboxylic acid groups (broad SMARTS) is 1. The first kappa shape index (κ1) is 31.5. The summed E-state index contributed by atoms with van der Waals surface area (Å²) in [5.74, 6) is -2.40. The molecular formula is C30H39N5O5S. The van der Waals surface area contributed by atoms with Crippen molar-refractivity contribution in [3.05, 3.63) is 66.4 Å². The summed E-state index contributed by atoms with van der Waals surface area (Å²) in [6.07, 6.45) is 3.56. The molecule has 11 heteroatoms. The van der Waals surface area contributed by atoms with Crippen LogP contribution < -0.4 is 21.3 Å². The predicted octanol–water partition coefficient (Wildman–Crippen LogP) is 3.26. The fourth-order valence-electron chi connectivity index (χ4n) is 4.53. The van der Waals surface area contributed by atoms with Crippen molar-refractivity contribution >= 4 is 52.9 Å². The van der Waals surface area contributed by atoms with Crippen LogP contribution in [-0.4, -0.2) is 63.2 Å². The van der Waals surface area contributed by atoms with Gasteiger partial charge in [-0.05, 0) is 56.9 Å². The number of hydrogen-bond donors (Lipinski definition) is 7. The van der Waals surface area contributed by atoms with Gasteiger partial charge in [-0.1, -0.05) is 36.4 Å². The number of anilines is 1. The first-order valence-corrected chi connectivity index (χ1v) is 14.1. The number of H-pyrrole nitrogens is 1. The number of unbranched alkanes of at least 4 members (excludes halogenated alkanes) is 1. The first-order valence-electron chi connectivity index (χ1n) is 13.6. The van der Waals surface area contributed by atoms with E-state index in [4.69, 9.17) is 0 Å². The molecule has 0 aliphatic heterocycles. The fraction of sp³-hybridized carbons (Fsp3) is 0.400. The van der Waals surface area contributed by atoms with Gasteiger partial charge < -0.3 is 31.4 Å². The third-order valence-electron chi connectivity index (χ3n) is 6.70. The van der Waals surface area contributed by atoms with Gasteiger partial charge in [0.25, 0.3) is 0 Å². The molecule has 0 fully saturated rings. The summed E-state index contributed by atoms with van der Waals surface area (Å²) in [6.45, 7) is 5.04. The number of aromatic amines is 1. The molecule has 3 amide bonds. The van der Waals surface area contributed by atoms with E-state index in [9.17, 15) is 24.3 Å². The van der Waals surface area contributed by atoms with E-state index < -0.39 is 40.7 Å². The molecule has 10 nitrogen and oxygen atoms in total. The van der Waals surface area contributed by atoms with Crippen LogP contribution in [0.3, 0.4) is 0 Å². The van der Waals surface area contributed by atoms with E-state index in [1.165, 1.54) is 6.92 Å². The lowest BCUT2D eigenvalue weighted by atomic mass is 10.0. The molecule has 0 aliphatic rings. The van der Waals surface area contributed by atoms with Crippen molar-refractivity contribution < 1.29 is 24.3 Å². The fourth-order valence-corrected chi connectivity index (χ4v) is 4.70. The Bertz CT molecular complexity index is 1340. The zero-order chi connectivity index (χ0) is 30.0. The van der Waals surface area contributed by atoms with Crippen molar-refractivity contribution in [1.29, 1.82) is 0 Å². The number of rotatable bonds is 15. The summed E-state index contributed by atoms with van der Waals surface area (Å²) < 4.78 is -1.05. The highest BCUT2D eigenvalue weighted by molar-refractivity contribution is 7.81. The van der Waals surface area contributed by atoms with Crippen molar-refractivity contribution in [3.63, 3.8) is 0 Å². The van der Waals surface area contributed by atoms with E-state index in [0.29, 0.717) is 25.8 Å². The van der Waals surface area contributed by atoms with Crippen LogP contribution in [0.15, 0.2) is 60.8 Å². The topological polar surface area (TPSA) is 152 Å². The second-order valence-corrected chi connectivity index (χ2v) is 11.8. The van der Waals surface area contributed by atoms with Crippen LogP contribution in [0.1, 0.15) is 45.6 Å². The molecule has 41 heavy (non-hydrogen) atoms. The second kappa shape index (κ2) is 14.6. The van der Waals surface area contributed by atoms with E-state index in [2.05, 4.69) is 38.9 Å². The van der Waals surface area contributed by atoms with E-state index in [0.717, 1.165) is 22.2 Å². The number of aromatic nitrogens is 1. The zero-order valence-corrected chi connectivity index (χ0v) is 24.5. The minimum atomic E-state index is -1.28. The van der Waals surface area contributed by atoms with Gasteiger partial charge in [-0.15, -0.1) is 0 Å². The van der Waals surface area contributed by atoms with Gasteiger partial charge in [0.1, 0.15) is 18.1 Å². The number of carbonyl (C=O) groups is 4. The maximum Gasteiger partial charge on any atom is 0.327 e. The number of thiol groups is 1. The Hall–Kier alpha value is -3.99. The molecule has 220 valence electrons. The van der Waals surface area contributed by atoms with Crippen LogP contribution in [0.4, 0.5) is 5.69 Å². The van der Waals surface area contributed by atoms with Crippen molar-refractivity contribution in [3.8, 4) is 0 Å². The number of amides is 3. The smallest absolute Gasteiger partial charge is 0.327 e. The summed E-state index contributed by atoms with van der Waals surface area (Å²) in [7, 11) is 0. The number of carboxylic acids is 1. The molecule has 1 aromatic heterocycles. The molecular weight excluding hydrogens is 542 g/mol. The van der Waals surface area contributed by atoms with Gasteiger partial charge >= 0.3 is 5.97 Å². The molecule has 0 radical (unpaired) electrons. The molecule has 0 unspecified atom stereocenters. The minimum absolute atomic E-state index is 0.153. The lowest BCUT2D eigenvalue weighted by Crippen LogP contribution is -2.58. The third-order valence-corrected chi connectivity index (χ3v) is 6.95. The van der Waals surface area contributed by atoms with Crippen LogP contribution in [0.25, 0.3) is 10.9 Å². The Labute approximate surface area is 245 Å². The number of hydrogen-bond acceptors (Lipinski definition) is 6. The standard InChI is InChI=1S/C30H39N5O5S/c1-19(36)31-16-10-9-15-24(27(37)35-26(29(39)40)30(2,3)41)34-28(38)25(33-21-11-5-4-6-12-21)17-20-18-32-23-14-8-7-13-22(20)23/h4-8,11-14,18,24-26,32-33,41H,9-10,15-17H2,1-3H3,(H,31,36)(H,34,38)(H,35,37)(H,39,40)/t24-,25-,26+/m0/s1. The molecule has 0 saturated heterocycles. The molecule has 2 aromatic carbocycles. The normalized spacial score (nSPS) is 13.6. The molecule has 0 bridgehead atoms. The van der Waals surface area contributed by atoms with Gasteiger partial charge in [-0.3, -0.25) is 14.4 Å². The predicted molar refractivity (Wildman–Crippen MR) is 163 cm³/mol. The number of benzene rings is 2. The average molecular weight is 582 g/mol. The Morgan fingerprint density at radius 2 is 1.59 bits per heavy atom. The molecule has 0 spiro atoms. The summed E-state index contributed by atoms with van der Waals surface area (Å²) in [6, 6.07) is 14.1. The Morgan fingerprint density at radius 3 is 2.24 bits per heavy atom. The van der Waals surface area contributed by atoms with E-state index in [1.54, 1.807) is 13.8 Å². The maximum atomic E-state index is 13.8. The second-order valence-electron chi connectivity index (χ2n) is 10.6. The highest BCUT2D eigenvalue weighted by Gasteiger charge is 2.36. The summed E-state index contributed by atoms with van der Waals surface area (Å²) in [5.41, 5.74) is 2.63. The number of nitrogens with one attached hydrogen (secondary N) is 5. The Morgan fingerprint density at radius 1 is 0.927 bits per heavy atom. The van der Waals surface area contributed by atoms with Crippen LogP contribution in [0.5, 0.6) is 0 Å². The van der Waals surface area contributed by atoms with Gasteiger partial charge in [-0.25, -0.2) is 4.79 Å². The van der Waals surface area contributed by atoms with Gasteiger partial charge in [0.2, 0.25) is 17.7 Å². The largest absolute Gasteiger partial charge is 0.480 e. The number of fused-ring (bicyclic) bond motifs is 1. The Kier molecular flexibility index (Phi) is 11.2. The lowest BCUT2D eigenvalue weighted by molar-refractivity contribution is -0.143. The van der Waals surface area contributed by atoms with Crippen molar-refractivity contribution in [2.45, 2.75) is 69.3 Å². The first-order chi connectivity index (χ1) is 19.5. The number of para-hydroxylation sites is 2. The minimum Gasteiger partial charge on any atom is -0.480 e. The highest BCUT2D eigenvalue weighted by atomic mass is 32.1. The van der Waals surface area contributed by atoms with E-state index in [-0.39, 0.29) is 12.3 Å². The Balaban J connectivity index is 1.83. The SMILES string of the molecule is CC(=O)NCCCC[C@H](NC(=O)[C@H](Cc1c[nH]c2ccccc12)Nc1ccccc1)C(=O)N[C@H](C(=O)O)C(C)(C)S. The maximum absolute atomic E-state index is 13.8. The van der Waals surface area contributed by atoms with Crippen LogP contribution in [0, 0.1) is 0 Å². The highest BCUT2D eigenvalue weighted by Crippen LogP contribution is 2.21. The van der Waals surface area contributed by atoms with Gasteiger partial charge in [0.15, 0.2) is 0 Å². The van der Waals surface area contributed by atoms with E-state index >= 15 is 0 Å². The summed E-state index contributed by atoms with van der Waals surface area (Å²) >= 11 is 4.35. The third kappa shape index (κ3) is 9.56. The molecule has 3 atom stereocenters. The molecule has 3 rings (SSSR count). The molecule has 6 N–H and O–H groups in total. The molecule has 0 aliphatic carbocycles. The lowest BCUT2D eigenvalue weighted by Gasteiger charge is -2.29. The number of carbonyl (C=O) groups excluding carboxylic acids is 3.